The molecule has 0 amide bonds. The van der Waals surface area contributed by atoms with Gasteiger partial charge in [-0.3, -0.25) is 0 Å². The molecule has 3 nitrogen and oxygen atoms in total. The first-order valence-corrected chi connectivity index (χ1v) is 8.14. The van der Waals surface area contributed by atoms with Crippen molar-refractivity contribution in [2.45, 2.75) is 52.2 Å². The lowest BCUT2D eigenvalue weighted by molar-refractivity contribution is 0.152. The molecule has 1 heterocycles. The molecule has 1 N–H and O–H groups in total. The molecule has 0 spiro atoms. The first-order valence-electron chi connectivity index (χ1n) is 6.49. The number of rotatable bonds is 3. The van der Waals surface area contributed by atoms with Crippen LogP contribution in [0.15, 0.2) is 0 Å². The maximum absolute atomic E-state index is 12.1. The standard InChI is InChI=1S/C13H27NO2S/c1-12(2,3)17(15,16)9-7-11-6-8-14-10-13(11,4)5/h11,14H,6-10H2,1-5H3. The Labute approximate surface area is 106 Å². The second kappa shape index (κ2) is 4.88. The van der Waals surface area contributed by atoms with Crippen molar-refractivity contribution in [1.29, 1.82) is 0 Å². The summed E-state index contributed by atoms with van der Waals surface area (Å²) in [5.74, 6) is 0.839. The van der Waals surface area contributed by atoms with Crippen molar-refractivity contribution in [3.8, 4) is 0 Å². The lowest BCUT2D eigenvalue weighted by atomic mass is 9.73. The summed E-state index contributed by atoms with van der Waals surface area (Å²) in [4.78, 5) is 0. The molecule has 0 radical (unpaired) electrons. The molecule has 1 aliphatic heterocycles. The molecule has 102 valence electrons. The van der Waals surface area contributed by atoms with E-state index >= 15 is 0 Å². The quantitative estimate of drug-likeness (QED) is 0.847. The van der Waals surface area contributed by atoms with Gasteiger partial charge in [0.1, 0.15) is 0 Å². The van der Waals surface area contributed by atoms with Crippen LogP contribution >= 0.6 is 0 Å². The van der Waals surface area contributed by atoms with Crippen LogP contribution in [0, 0.1) is 11.3 Å². The minimum absolute atomic E-state index is 0.214. The smallest absolute Gasteiger partial charge is 0.155 e. The number of nitrogens with one attached hydrogen (secondary N) is 1. The highest BCUT2D eigenvalue weighted by molar-refractivity contribution is 7.92. The van der Waals surface area contributed by atoms with E-state index in [1.807, 2.05) is 0 Å². The molecule has 0 aliphatic carbocycles. The Hall–Kier alpha value is -0.0900. The third kappa shape index (κ3) is 3.68. The molecule has 0 bridgehead atoms. The molecule has 17 heavy (non-hydrogen) atoms. The third-order valence-corrected chi connectivity index (χ3v) is 6.66. The topological polar surface area (TPSA) is 46.2 Å². The lowest BCUT2D eigenvalue weighted by Gasteiger charge is -2.39. The van der Waals surface area contributed by atoms with E-state index in [1.165, 1.54) is 0 Å². The minimum atomic E-state index is -2.97. The Morgan fingerprint density at radius 3 is 2.35 bits per heavy atom. The van der Waals surface area contributed by atoms with Crippen molar-refractivity contribution in [3.05, 3.63) is 0 Å². The van der Waals surface area contributed by atoms with Crippen molar-refractivity contribution in [2.24, 2.45) is 11.3 Å². The zero-order chi connectivity index (χ0) is 13.3. The molecule has 1 atom stereocenters. The van der Waals surface area contributed by atoms with Gasteiger partial charge in [0.05, 0.1) is 10.5 Å². The first kappa shape index (κ1) is 15.0. The van der Waals surface area contributed by atoms with E-state index in [1.54, 1.807) is 20.8 Å². The molecule has 0 saturated carbocycles. The number of piperidine rings is 1. The summed E-state index contributed by atoms with van der Waals surface area (Å²) in [6.07, 6.45) is 1.89. The van der Waals surface area contributed by atoms with Gasteiger partial charge in [0.2, 0.25) is 0 Å². The van der Waals surface area contributed by atoms with E-state index in [9.17, 15) is 8.42 Å². The van der Waals surface area contributed by atoms with E-state index in [0.717, 1.165) is 25.9 Å². The predicted octanol–water partition coefficient (Wildman–Crippen LogP) is 2.23. The van der Waals surface area contributed by atoms with Gasteiger partial charge < -0.3 is 5.32 Å². The summed E-state index contributed by atoms with van der Waals surface area (Å²) < 4.78 is 23.6. The van der Waals surface area contributed by atoms with Crippen LogP contribution in [0.4, 0.5) is 0 Å². The van der Waals surface area contributed by atoms with E-state index in [2.05, 4.69) is 19.2 Å². The SMILES string of the molecule is CC1(C)CNCCC1CCS(=O)(=O)C(C)(C)C. The van der Waals surface area contributed by atoms with Crippen LogP contribution in [0.5, 0.6) is 0 Å². The Balaban J connectivity index is 2.62. The molecule has 4 heteroatoms. The average molecular weight is 261 g/mol. The fourth-order valence-electron chi connectivity index (χ4n) is 2.36. The molecule has 0 aromatic carbocycles. The van der Waals surface area contributed by atoms with E-state index in [4.69, 9.17) is 0 Å². The molecule has 1 aliphatic rings. The summed E-state index contributed by atoms with van der Waals surface area (Å²) in [6.45, 7) is 11.8. The lowest BCUT2D eigenvalue weighted by Crippen LogP contribution is -2.44. The van der Waals surface area contributed by atoms with E-state index in [0.29, 0.717) is 11.7 Å². The summed E-state index contributed by atoms with van der Waals surface area (Å²) >= 11 is 0. The molecule has 1 unspecified atom stereocenters. The molecular formula is C13H27NO2S. The second-order valence-electron chi connectivity index (χ2n) is 6.87. The molecule has 0 aromatic heterocycles. The zero-order valence-corrected chi connectivity index (χ0v) is 12.7. The highest BCUT2D eigenvalue weighted by Gasteiger charge is 2.35. The van der Waals surface area contributed by atoms with Crippen molar-refractivity contribution in [1.82, 2.24) is 5.32 Å². The molecule has 1 rings (SSSR count). The highest BCUT2D eigenvalue weighted by atomic mass is 32.2. The van der Waals surface area contributed by atoms with Gasteiger partial charge >= 0.3 is 0 Å². The van der Waals surface area contributed by atoms with Gasteiger partial charge in [-0.25, -0.2) is 8.42 Å². The van der Waals surface area contributed by atoms with Crippen LogP contribution in [0.1, 0.15) is 47.5 Å². The molecule has 0 aromatic rings. The zero-order valence-electron chi connectivity index (χ0n) is 11.8. The predicted molar refractivity (Wildman–Crippen MR) is 72.9 cm³/mol. The van der Waals surface area contributed by atoms with E-state index in [-0.39, 0.29) is 5.41 Å². The van der Waals surface area contributed by atoms with Gasteiger partial charge in [0, 0.05) is 6.54 Å². The van der Waals surface area contributed by atoms with Crippen LogP contribution in [-0.2, 0) is 9.84 Å². The third-order valence-electron chi connectivity index (χ3n) is 4.02. The summed E-state index contributed by atoms with van der Waals surface area (Å²) in [6, 6.07) is 0. The van der Waals surface area contributed by atoms with Gasteiger partial charge in [-0.15, -0.1) is 0 Å². The molecule has 1 fully saturated rings. The second-order valence-corrected chi connectivity index (χ2v) is 9.73. The average Bonchev–Trinajstić information content (AvgIpc) is 2.13. The fraction of sp³-hybridized carbons (Fsp3) is 1.00. The van der Waals surface area contributed by atoms with E-state index < -0.39 is 14.6 Å². The number of sulfone groups is 1. The van der Waals surface area contributed by atoms with Crippen molar-refractivity contribution in [3.63, 3.8) is 0 Å². The van der Waals surface area contributed by atoms with Crippen LogP contribution in [0.3, 0.4) is 0 Å². The van der Waals surface area contributed by atoms with Gasteiger partial charge in [-0.05, 0) is 51.5 Å². The van der Waals surface area contributed by atoms with Crippen molar-refractivity contribution < 1.29 is 8.42 Å². The van der Waals surface area contributed by atoms with Gasteiger partial charge in [-0.1, -0.05) is 13.8 Å². The minimum Gasteiger partial charge on any atom is -0.316 e. The summed E-state index contributed by atoms with van der Waals surface area (Å²) in [5, 5.41) is 3.38. The number of hydrogen-bond donors (Lipinski definition) is 1. The van der Waals surface area contributed by atoms with Gasteiger partial charge in [0.15, 0.2) is 9.84 Å². The molecular weight excluding hydrogens is 234 g/mol. The Morgan fingerprint density at radius 2 is 1.88 bits per heavy atom. The summed E-state index contributed by atoms with van der Waals surface area (Å²) in [7, 11) is -2.97. The maximum Gasteiger partial charge on any atom is 0.155 e. The monoisotopic (exact) mass is 261 g/mol. The van der Waals surface area contributed by atoms with Crippen LogP contribution < -0.4 is 5.32 Å². The van der Waals surface area contributed by atoms with Crippen LogP contribution in [0.25, 0.3) is 0 Å². The van der Waals surface area contributed by atoms with Crippen LogP contribution in [-0.4, -0.2) is 32.0 Å². The fourth-order valence-corrected chi connectivity index (χ4v) is 3.57. The highest BCUT2D eigenvalue weighted by Crippen LogP contribution is 2.34. The molecule has 1 saturated heterocycles. The van der Waals surface area contributed by atoms with Crippen molar-refractivity contribution in [2.75, 3.05) is 18.8 Å². The van der Waals surface area contributed by atoms with Gasteiger partial charge in [0.25, 0.3) is 0 Å². The summed E-state index contributed by atoms with van der Waals surface area (Å²) in [5.41, 5.74) is 0.214. The first-order chi connectivity index (χ1) is 7.56. The van der Waals surface area contributed by atoms with Crippen LogP contribution in [0.2, 0.25) is 0 Å². The maximum atomic E-state index is 12.1. The number of hydrogen-bond acceptors (Lipinski definition) is 3. The largest absolute Gasteiger partial charge is 0.316 e. The Bertz CT molecular complexity index is 352. The van der Waals surface area contributed by atoms with Crippen molar-refractivity contribution >= 4 is 9.84 Å². The normalized spacial score (nSPS) is 25.8. The Kier molecular flexibility index (Phi) is 4.30. The Morgan fingerprint density at radius 1 is 1.29 bits per heavy atom. The van der Waals surface area contributed by atoms with Gasteiger partial charge in [-0.2, -0.15) is 0 Å².